The monoisotopic (exact) mass is 332 g/mol. The zero-order valence-electron chi connectivity index (χ0n) is 12.3. The molecule has 0 aromatic heterocycles. The van der Waals surface area contributed by atoms with E-state index in [1.807, 2.05) is 24.3 Å². The number of alkyl halides is 3. The van der Waals surface area contributed by atoms with Crippen LogP contribution in [-0.4, -0.2) is 49.4 Å². The summed E-state index contributed by atoms with van der Waals surface area (Å²) in [4.78, 5) is 13.4. The largest absolute Gasteiger partial charge is 0.401 e. The van der Waals surface area contributed by atoms with Crippen LogP contribution in [0.2, 0.25) is 0 Å². The van der Waals surface area contributed by atoms with Gasteiger partial charge in [-0.1, -0.05) is 24.3 Å². The van der Waals surface area contributed by atoms with Gasteiger partial charge in [0.05, 0.1) is 6.54 Å². The third-order valence-electron chi connectivity index (χ3n) is 3.47. The molecule has 0 spiro atoms. The number of aryl methyl sites for hydroxylation is 1. The van der Waals surface area contributed by atoms with Crippen LogP contribution in [0, 0.1) is 0 Å². The Hall–Kier alpha value is -1.21. The molecule has 1 aliphatic rings. The van der Waals surface area contributed by atoms with E-state index in [9.17, 15) is 18.0 Å². The van der Waals surface area contributed by atoms with Crippen LogP contribution in [0.5, 0.6) is 0 Å². The molecule has 1 unspecified atom stereocenters. The van der Waals surface area contributed by atoms with Crippen molar-refractivity contribution in [2.75, 3.05) is 32.4 Å². The molecule has 22 heavy (non-hydrogen) atoms. The molecule has 1 aliphatic heterocycles. The fourth-order valence-electron chi connectivity index (χ4n) is 2.46. The molecule has 122 valence electrons. The van der Waals surface area contributed by atoms with Crippen molar-refractivity contribution in [1.29, 1.82) is 0 Å². The molecule has 1 N–H and O–H groups in total. The molecule has 1 aromatic carbocycles. The number of rotatable bonds is 5. The lowest BCUT2D eigenvalue weighted by molar-refractivity contribution is -0.142. The molecule has 0 aliphatic carbocycles. The normalized spacial score (nSPS) is 18.1. The Morgan fingerprint density at radius 1 is 1.41 bits per heavy atom. The van der Waals surface area contributed by atoms with E-state index in [-0.39, 0.29) is 24.2 Å². The number of nitrogens with zero attached hydrogens (tertiary/aromatic N) is 1. The summed E-state index contributed by atoms with van der Waals surface area (Å²) in [6, 6.07) is 7.83. The molecule has 1 aromatic rings. The molecular weight excluding hydrogens is 313 g/mol. The maximum Gasteiger partial charge on any atom is 0.401 e. The number of thioether (sulfide) groups is 1. The first kappa shape index (κ1) is 17.1. The molecule has 1 atom stereocenters. The maximum atomic E-state index is 12.3. The van der Waals surface area contributed by atoms with E-state index in [2.05, 4.69) is 5.32 Å². The Bertz CT molecular complexity index is 522. The van der Waals surface area contributed by atoms with Crippen LogP contribution in [0.4, 0.5) is 13.2 Å². The van der Waals surface area contributed by atoms with Gasteiger partial charge in [-0.05, 0) is 30.3 Å². The molecule has 1 heterocycles. The van der Waals surface area contributed by atoms with Crippen LogP contribution in [0.1, 0.15) is 16.4 Å². The Labute approximate surface area is 132 Å². The lowest BCUT2D eigenvalue weighted by Gasteiger charge is -2.25. The molecule has 0 radical (unpaired) electrons. The Morgan fingerprint density at radius 2 is 2.14 bits per heavy atom. The highest BCUT2D eigenvalue weighted by Crippen LogP contribution is 2.36. The van der Waals surface area contributed by atoms with Gasteiger partial charge in [0.2, 0.25) is 5.91 Å². The number of carbonyl (C=O) groups excluding carboxylic acids is 1. The first-order valence-electron chi connectivity index (χ1n) is 7.09. The van der Waals surface area contributed by atoms with Gasteiger partial charge in [0.25, 0.3) is 0 Å². The third kappa shape index (κ3) is 4.91. The second kappa shape index (κ2) is 7.37. The molecule has 3 nitrogen and oxygen atoms in total. The van der Waals surface area contributed by atoms with Gasteiger partial charge in [-0.3, -0.25) is 9.69 Å². The van der Waals surface area contributed by atoms with Crippen LogP contribution in [0.25, 0.3) is 0 Å². The second-order valence-corrected chi connectivity index (χ2v) is 6.56. The Balaban J connectivity index is 1.84. The smallest absolute Gasteiger partial charge is 0.354 e. The van der Waals surface area contributed by atoms with Crippen LogP contribution >= 0.6 is 11.8 Å². The number of hydrogen-bond acceptors (Lipinski definition) is 3. The van der Waals surface area contributed by atoms with E-state index in [1.165, 1.54) is 12.6 Å². The molecule has 1 amide bonds. The summed E-state index contributed by atoms with van der Waals surface area (Å²) in [6.45, 7) is -0.585. The molecule has 2 rings (SSSR count). The number of carbonyl (C=O) groups is 1. The average Bonchev–Trinajstić information content (AvgIpc) is 2.44. The van der Waals surface area contributed by atoms with Crippen molar-refractivity contribution in [1.82, 2.24) is 10.2 Å². The van der Waals surface area contributed by atoms with Crippen molar-refractivity contribution < 1.29 is 18.0 Å². The van der Waals surface area contributed by atoms with E-state index >= 15 is 0 Å². The summed E-state index contributed by atoms with van der Waals surface area (Å²) >= 11 is 1.58. The van der Waals surface area contributed by atoms with Crippen LogP contribution in [-0.2, 0) is 11.2 Å². The van der Waals surface area contributed by atoms with Gasteiger partial charge < -0.3 is 5.32 Å². The first-order chi connectivity index (χ1) is 10.4. The lowest BCUT2D eigenvalue weighted by atomic mass is 10.0. The number of benzene rings is 1. The molecular formula is C15H19F3N2OS. The number of amides is 1. The maximum absolute atomic E-state index is 12.3. The van der Waals surface area contributed by atoms with Gasteiger partial charge in [0.15, 0.2) is 0 Å². The SMILES string of the molecule is CN(CCNC(=O)C1SCCc2ccccc21)CC(F)(F)F. The van der Waals surface area contributed by atoms with Crippen LogP contribution in [0.15, 0.2) is 24.3 Å². The van der Waals surface area contributed by atoms with E-state index in [4.69, 9.17) is 0 Å². The van der Waals surface area contributed by atoms with Crippen molar-refractivity contribution >= 4 is 17.7 Å². The van der Waals surface area contributed by atoms with Gasteiger partial charge >= 0.3 is 6.18 Å². The van der Waals surface area contributed by atoms with Gasteiger partial charge in [0.1, 0.15) is 5.25 Å². The summed E-state index contributed by atoms with van der Waals surface area (Å²) < 4.78 is 36.6. The number of likely N-dealkylation sites (N-methyl/N-ethyl adjacent to an activating group) is 1. The topological polar surface area (TPSA) is 32.3 Å². The first-order valence-corrected chi connectivity index (χ1v) is 8.14. The molecule has 7 heteroatoms. The van der Waals surface area contributed by atoms with Crippen molar-refractivity contribution in [3.8, 4) is 0 Å². The number of halogens is 3. The van der Waals surface area contributed by atoms with Crippen molar-refractivity contribution in [3.05, 3.63) is 35.4 Å². The zero-order chi connectivity index (χ0) is 16.2. The highest BCUT2D eigenvalue weighted by atomic mass is 32.2. The van der Waals surface area contributed by atoms with E-state index in [0.717, 1.165) is 22.6 Å². The second-order valence-electron chi connectivity index (χ2n) is 5.34. The Morgan fingerprint density at radius 3 is 2.86 bits per heavy atom. The van der Waals surface area contributed by atoms with E-state index < -0.39 is 12.7 Å². The number of nitrogens with one attached hydrogen (secondary N) is 1. The number of hydrogen-bond donors (Lipinski definition) is 1. The highest BCUT2D eigenvalue weighted by molar-refractivity contribution is 8.00. The lowest BCUT2D eigenvalue weighted by Crippen LogP contribution is -2.39. The van der Waals surface area contributed by atoms with Gasteiger partial charge in [-0.2, -0.15) is 13.2 Å². The summed E-state index contributed by atoms with van der Waals surface area (Å²) in [5.74, 6) is 0.751. The predicted octanol–water partition coefficient (Wildman–Crippen LogP) is 2.63. The van der Waals surface area contributed by atoms with Gasteiger partial charge in [-0.25, -0.2) is 0 Å². The van der Waals surface area contributed by atoms with Crippen LogP contribution in [0.3, 0.4) is 0 Å². The van der Waals surface area contributed by atoms with Crippen molar-refractivity contribution in [2.45, 2.75) is 17.8 Å². The van der Waals surface area contributed by atoms with Crippen molar-refractivity contribution in [3.63, 3.8) is 0 Å². The predicted molar refractivity (Wildman–Crippen MR) is 81.9 cm³/mol. The van der Waals surface area contributed by atoms with Crippen LogP contribution < -0.4 is 5.32 Å². The van der Waals surface area contributed by atoms with Gasteiger partial charge in [-0.15, -0.1) is 11.8 Å². The fourth-order valence-corrected chi connectivity index (χ4v) is 3.68. The number of fused-ring (bicyclic) bond motifs is 1. The third-order valence-corrected chi connectivity index (χ3v) is 4.71. The van der Waals surface area contributed by atoms with E-state index in [1.54, 1.807) is 11.8 Å². The molecule has 0 saturated carbocycles. The fraction of sp³-hybridized carbons (Fsp3) is 0.533. The summed E-state index contributed by atoms with van der Waals surface area (Å²) in [5.41, 5.74) is 2.19. The average molecular weight is 332 g/mol. The summed E-state index contributed by atoms with van der Waals surface area (Å²) in [6.07, 6.45) is -3.27. The minimum atomic E-state index is -4.21. The quantitative estimate of drug-likeness (QED) is 0.900. The van der Waals surface area contributed by atoms with Crippen molar-refractivity contribution in [2.24, 2.45) is 0 Å². The minimum Gasteiger partial charge on any atom is -0.354 e. The Kier molecular flexibility index (Phi) is 5.74. The standard InChI is InChI=1S/C15H19F3N2OS/c1-20(10-15(16,17)18)8-7-19-14(21)13-12-5-3-2-4-11(12)6-9-22-13/h2-5,13H,6-10H2,1H3,(H,19,21). The molecule has 0 fully saturated rings. The summed E-state index contributed by atoms with van der Waals surface area (Å²) in [5, 5.41) is 2.48. The summed E-state index contributed by atoms with van der Waals surface area (Å²) in [7, 11) is 1.39. The van der Waals surface area contributed by atoms with E-state index in [0.29, 0.717) is 0 Å². The molecule has 0 bridgehead atoms. The zero-order valence-corrected chi connectivity index (χ0v) is 13.1. The highest BCUT2D eigenvalue weighted by Gasteiger charge is 2.29. The van der Waals surface area contributed by atoms with Gasteiger partial charge in [0, 0.05) is 13.1 Å². The molecule has 0 saturated heterocycles. The minimum absolute atomic E-state index is 0.127.